The number of nitrogens with one attached hydrogen (secondary N) is 2. The normalized spacial score (nSPS) is 12.0. The predicted molar refractivity (Wildman–Crippen MR) is 105 cm³/mol. The molecule has 1 atom stereocenters. The molecule has 2 heterocycles. The second-order valence-corrected chi connectivity index (χ2v) is 8.09. The van der Waals surface area contributed by atoms with E-state index in [1.54, 1.807) is 12.3 Å². The second kappa shape index (κ2) is 8.37. The molecule has 0 aliphatic heterocycles. The summed E-state index contributed by atoms with van der Waals surface area (Å²) in [5.41, 5.74) is 3.45. The predicted octanol–water partition coefficient (Wildman–Crippen LogP) is 4.46. The first-order valence-corrected chi connectivity index (χ1v) is 9.95. The summed E-state index contributed by atoms with van der Waals surface area (Å²) in [5.74, 6) is 0.945. The fourth-order valence-electron chi connectivity index (χ4n) is 2.28. The lowest BCUT2D eigenvalue weighted by Gasteiger charge is -2.10. The van der Waals surface area contributed by atoms with Crippen molar-refractivity contribution in [2.45, 2.75) is 31.2 Å². The molecule has 2 aromatic heterocycles. The standard InChI is InChI=1S/C18H20N4O2S2/c1-11-6-7-14(9-12(11)2)20-17-21-22-18(26-17)25-10-16(23)19-13(3)15-5-4-8-24-15/h4-9,13H,10H2,1-3H3,(H,19,23)(H,20,21). The molecular formula is C18H20N4O2S2. The van der Waals surface area contributed by atoms with E-state index in [0.717, 1.165) is 15.8 Å². The maximum atomic E-state index is 12.1. The van der Waals surface area contributed by atoms with Crippen LogP contribution in [0.1, 0.15) is 29.9 Å². The van der Waals surface area contributed by atoms with Gasteiger partial charge < -0.3 is 15.1 Å². The molecule has 6 nitrogen and oxygen atoms in total. The Bertz CT molecular complexity index is 877. The van der Waals surface area contributed by atoms with Gasteiger partial charge in [0, 0.05) is 5.69 Å². The molecule has 8 heteroatoms. The van der Waals surface area contributed by atoms with Gasteiger partial charge in [-0.05, 0) is 56.2 Å². The van der Waals surface area contributed by atoms with Crippen molar-refractivity contribution in [3.05, 3.63) is 53.5 Å². The van der Waals surface area contributed by atoms with Crippen LogP contribution in [0.5, 0.6) is 0 Å². The number of amides is 1. The number of rotatable bonds is 7. The van der Waals surface area contributed by atoms with Gasteiger partial charge in [0.05, 0.1) is 18.1 Å². The average molecular weight is 389 g/mol. The average Bonchev–Trinajstić information content (AvgIpc) is 3.28. The van der Waals surface area contributed by atoms with Gasteiger partial charge in [0.1, 0.15) is 5.76 Å². The molecule has 0 spiro atoms. The Morgan fingerprint density at radius 3 is 2.85 bits per heavy atom. The van der Waals surface area contributed by atoms with Crippen LogP contribution in [-0.4, -0.2) is 21.9 Å². The van der Waals surface area contributed by atoms with Crippen LogP contribution in [0.2, 0.25) is 0 Å². The highest BCUT2D eigenvalue weighted by Crippen LogP contribution is 2.28. The van der Waals surface area contributed by atoms with Gasteiger partial charge in [0.25, 0.3) is 0 Å². The molecule has 26 heavy (non-hydrogen) atoms. The minimum atomic E-state index is -0.158. The van der Waals surface area contributed by atoms with E-state index < -0.39 is 0 Å². The highest BCUT2D eigenvalue weighted by molar-refractivity contribution is 8.01. The van der Waals surface area contributed by atoms with E-state index in [0.29, 0.717) is 5.13 Å². The van der Waals surface area contributed by atoms with Crippen LogP contribution in [0.15, 0.2) is 45.4 Å². The summed E-state index contributed by atoms with van der Waals surface area (Å²) in [6.07, 6.45) is 1.60. The van der Waals surface area contributed by atoms with Crippen molar-refractivity contribution in [2.75, 3.05) is 11.1 Å². The lowest BCUT2D eigenvalue weighted by Crippen LogP contribution is -2.27. The Balaban J connectivity index is 1.50. The first kappa shape index (κ1) is 18.5. The molecule has 0 radical (unpaired) electrons. The minimum absolute atomic E-state index is 0.0715. The third-order valence-corrected chi connectivity index (χ3v) is 5.81. The van der Waals surface area contributed by atoms with Crippen molar-refractivity contribution in [1.82, 2.24) is 15.5 Å². The zero-order valence-electron chi connectivity index (χ0n) is 14.8. The summed E-state index contributed by atoms with van der Waals surface area (Å²) in [6.45, 7) is 6.04. The molecule has 1 amide bonds. The smallest absolute Gasteiger partial charge is 0.231 e. The van der Waals surface area contributed by atoms with Crippen molar-refractivity contribution < 1.29 is 9.21 Å². The molecule has 0 fully saturated rings. The summed E-state index contributed by atoms with van der Waals surface area (Å²) in [7, 11) is 0. The fraction of sp³-hybridized carbons (Fsp3) is 0.278. The Hall–Kier alpha value is -2.32. The van der Waals surface area contributed by atoms with Gasteiger partial charge in [-0.3, -0.25) is 4.79 Å². The summed E-state index contributed by atoms with van der Waals surface area (Å²) in [4.78, 5) is 12.1. The number of benzene rings is 1. The summed E-state index contributed by atoms with van der Waals surface area (Å²) in [6, 6.07) is 9.65. The summed E-state index contributed by atoms with van der Waals surface area (Å²) < 4.78 is 6.03. The Labute approximate surface area is 160 Å². The highest BCUT2D eigenvalue weighted by Gasteiger charge is 2.13. The first-order valence-electron chi connectivity index (χ1n) is 8.14. The summed E-state index contributed by atoms with van der Waals surface area (Å²) >= 11 is 2.79. The lowest BCUT2D eigenvalue weighted by molar-refractivity contribution is -0.119. The van der Waals surface area contributed by atoms with Gasteiger partial charge in [-0.25, -0.2) is 0 Å². The van der Waals surface area contributed by atoms with Gasteiger partial charge >= 0.3 is 0 Å². The first-order chi connectivity index (χ1) is 12.5. The quantitative estimate of drug-likeness (QED) is 0.582. The topological polar surface area (TPSA) is 80.0 Å². The van der Waals surface area contributed by atoms with Crippen LogP contribution in [0.3, 0.4) is 0 Å². The molecule has 3 rings (SSSR count). The van der Waals surface area contributed by atoms with Crippen LogP contribution in [0.25, 0.3) is 0 Å². The number of aromatic nitrogens is 2. The third-order valence-electron chi connectivity index (χ3n) is 3.84. The van der Waals surface area contributed by atoms with Crippen molar-refractivity contribution in [3.63, 3.8) is 0 Å². The molecule has 0 saturated carbocycles. The van der Waals surface area contributed by atoms with Crippen molar-refractivity contribution in [2.24, 2.45) is 0 Å². The van der Waals surface area contributed by atoms with E-state index in [-0.39, 0.29) is 17.7 Å². The number of hydrogen-bond donors (Lipinski definition) is 2. The molecule has 1 aromatic carbocycles. The fourth-order valence-corrected chi connectivity index (χ4v) is 3.86. The molecule has 3 aromatic rings. The van der Waals surface area contributed by atoms with Crippen molar-refractivity contribution in [3.8, 4) is 0 Å². The molecule has 1 unspecified atom stereocenters. The molecule has 136 valence electrons. The molecule has 2 N–H and O–H groups in total. The molecule has 0 saturated heterocycles. The van der Waals surface area contributed by atoms with Gasteiger partial charge in [-0.15, -0.1) is 10.2 Å². The minimum Gasteiger partial charge on any atom is -0.467 e. The van der Waals surface area contributed by atoms with E-state index in [2.05, 4.69) is 46.8 Å². The van der Waals surface area contributed by atoms with Crippen LogP contribution >= 0.6 is 23.1 Å². The number of aryl methyl sites for hydroxylation is 2. The monoisotopic (exact) mass is 388 g/mol. The number of thioether (sulfide) groups is 1. The van der Waals surface area contributed by atoms with Crippen molar-refractivity contribution >= 4 is 39.8 Å². The van der Waals surface area contributed by atoms with Crippen LogP contribution in [0, 0.1) is 13.8 Å². The van der Waals surface area contributed by atoms with Crippen LogP contribution in [0.4, 0.5) is 10.8 Å². The number of furan rings is 1. The van der Waals surface area contributed by atoms with Crippen LogP contribution < -0.4 is 10.6 Å². The molecule has 0 aliphatic rings. The third kappa shape index (κ3) is 4.86. The Morgan fingerprint density at radius 1 is 1.27 bits per heavy atom. The number of anilines is 2. The van der Waals surface area contributed by atoms with Crippen LogP contribution in [-0.2, 0) is 4.79 Å². The van der Waals surface area contributed by atoms with Crippen molar-refractivity contribution in [1.29, 1.82) is 0 Å². The lowest BCUT2D eigenvalue weighted by atomic mass is 10.1. The zero-order valence-corrected chi connectivity index (χ0v) is 16.4. The molecule has 0 bridgehead atoms. The van der Waals surface area contributed by atoms with E-state index in [9.17, 15) is 4.79 Å². The highest BCUT2D eigenvalue weighted by atomic mass is 32.2. The van der Waals surface area contributed by atoms with Gasteiger partial charge in [0.2, 0.25) is 11.0 Å². The number of carbonyl (C=O) groups excluding carboxylic acids is 1. The largest absolute Gasteiger partial charge is 0.467 e. The Kier molecular flexibility index (Phi) is 5.95. The van der Waals surface area contributed by atoms with E-state index in [4.69, 9.17) is 4.42 Å². The maximum absolute atomic E-state index is 12.1. The summed E-state index contributed by atoms with van der Waals surface area (Å²) in [5, 5.41) is 15.1. The Morgan fingerprint density at radius 2 is 2.12 bits per heavy atom. The molecule has 0 aliphatic carbocycles. The van der Waals surface area contributed by atoms with Gasteiger partial charge in [-0.2, -0.15) is 0 Å². The number of nitrogens with zero attached hydrogens (tertiary/aromatic N) is 2. The van der Waals surface area contributed by atoms with Gasteiger partial charge in [0.15, 0.2) is 4.34 Å². The van der Waals surface area contributed by atoms with E-state index >= 15 is 0 Å². The van der Waals surface area contributed by atoms with E-state index in [1.165, 1.54) is 34.2 Å². The van der Waals surface area contributed by atoms with Gasteiger partial charge in [-0.1, -0.05) is 29.2 Å². The second-order valence-electron chi connectivity index (χ2n) is 5.89. The van der Waals surface area contributed by atoms with E-state index in [1.807, 2.05) is 19.1 Å². The maximum Gasteiger partial charge on any atom is 0.231 e. The number of hydrogen-bond acceptors (Lipinski definition) is 7. The number of carbonyl (C=O) groups is 1. The molecular weight excluding hydrogens is 368 g/mol. The zero-order chi connectivity index (χ0) is 18.5. The SMILES string of the molecule is Cc1ccc(Nc2nnc(SCC(=O)NC(C)c3ccco3)s2)cc1C.